The number of ether oxygens (including phenoxy) is 1. The van der Waals surface area contributed by atoms with E-state index in [0.717, 1.165) is 37.0 Å². The van der Waals surface area contributed by atoms with Crippen LogP contribution in [0.3, 0.4) is 0 Å². The standard InChI is InChI=1S/C14H18FNO2/c15-11-2-3-13-10(6-11)7-12(18-13)8-16-9-14(17)4-1-5-14/h2-3,6,12,16-17H,1,4-5,7-9H2. The first kappa shape index (κ1) is 11.9. The van der Waals surface area contributed by atoms with Crippen LogP contribution in [-0.2, 0) is 6.42 Å². The number of rotatable bonds is 4. The Morgan fingerprint density at radius 2 is 2.28 bits per heavy atom. The van der Waals surface area contributed by atoms with E-state index in [1.165, 1.54) is 12.1 Å². The maximum absolute atomic E-state index is 13.0. The first-order chi connectivity index (χ1) is 8.65. The Bertz CT molecular complexity index is 445. The normalized spacial score (nSPS) is 24.2. The van der Waals surface area contributed by atoms with Gasteiger partial charge in [-0.1, -0.05) is 0 Å². The van der Waals surface area contributed by atoms with Crippen LogP contribution in [0.25, 0.3) is 0 Å². The summed E-state index contributed by atoms with van der Waals surface area (Å²) in [7, 11) is 0. The summed E-state index contributed by atoms with van der Waals surface area (Å²) in [5.74, 6) is 0.570. The van der Waals surface area contributed by atoms with Gasteiger partial charge in [-0.25, -0.2) is 4.39 Å². The molecule has 2 aliphatic rings. The minimum atomic E-state index is -0.502. The lowest BCUT2D eigenvalue weighted by Gasteiger charge is -2.37. The lowest BCUT2D eigenvalue weighted by molar-refractivity contribution is -0.0322. The fourth-order valence-corrected chi connectivity index (χ4v) is 2.63. The monoisotopic (exact) mass is 251 g/mol. The van der Waals surface area contributed by atoms with Crippen LogP contribution in [0, 0.1) is 5.82 Å². The molecule has 1 fully saturated rings. The molecule has 1 unspecified atom stereocenters. The highest BCUT2D eigenvalue weighted by Gasteiger charge is 2.34. The van der Waals surface area contributed by atoms with Crippen molar-refractivity contribution in [2.24, 2.45) is 0 Å². The molecule has 1 atom stereocenters. The Morgan fingerprint density at radius 1 is 1.44 bits per heavy atom. The highest BCUT2D eigenvalue weighted by atomic mass is 19.1. The Kier molecular flexibility index (Phi) is 2.99. The molecule has 4 heteroatoms. The fraction of sp³-hybridized carbons (Fsp3) is 0.571. The highest BCUT2D eigenvalue weighted by Crippen LogP contribution is 2.31. The smallest absolute Gasteiger partial charge is 0.123 e. The summed E-state index contributed by atoms with van der Waals surface area (Å²) in [5.41, 5.74) is 0.432. The van der Waals surface area contributed by atoms with Gasteiger partial charge in [-0.15, -0.1) is 0 Å². The van der Waals surface area contributed by atoms with Gasteiger partial charge in [0.1, 0.15) is 17.7 Å². The molecule has 0 spiro atoms. The van der Waals surface area contributed by atoms with E-state index in [2.05, 4.69) is 5.32 Å². The van der Waals surface area contributed by atoms with Crippen LogP contribution < -0.4 is 10.1 Å². The van der Waals surface area contributed by atoms with Crippen LogP contribution in [0.15, 0.2) is 18.2 Å². The van der Waals surface area contributed by atoms with Gasteiger partial charge >= 0.3 is 0 Å². The van der Waals surface area contributed by atoms with Gasteiger partial charge in [-0.2, -0.15) is 0 Å². The first-order valence-corrected chi connectivity index (χ1v) is 6.53. The zero-order valence-electron chi connectivity index (χ0n) is 10.3. The third kappa shape index (κ3) is 2.35. The molecule has 1 aliphatic carbocycles. The molecule has 2 N–H and O–H groups in total. The summed E-state index contributed by atoms with van der Waals surface area (Å²) in [4.78, 5) is 0. The summed E-state index contributed by atoms with van der Waals surface area (Å²) in [6.07, 6.45) is 3.67. The number of benzene rings is 1. The average Bonchev–Trinajstić information content (AvgIpc) is 2.68. The van der Waals surface area contributed by atoms with Crippen LogP contribution in [-0.4, -0.2) is 29.9 Å². The van der Waals surface area contributed by atoms with Crippen molar-refractivity contribution < 1.29 is 14.2 Å². The SMILES string of the molecule is OC1(CNCC2Cc3cc(F)ccc3O2)CCC1. The lowest BCUT2D eigenvalue weighted by atomic mass is 9.80. The van der Waals surface area contributed by atoms with Gasteiger partial charge < -0.3 is 15.2 Å². The number of aliphatic hydroxyl groups is 1. The summed E-state index contributed by atoms with van der Waals surface area (Å²) in [5, 5.41) is 13.2. The van der Waals surface area contributed by atoms with E-state index in [4.69, 9.17) is 4.74 Å². The van der Waals surface area contributed by atoms with E-state index in [1.54, 1.807) is 6.07 Å². The Balaban J connectivity index is 1.49. The van der Waals surface area contributed by atoms with E-state index in [1.807, 2.05) is 0 Å². The zero-order valence-corrected chi connectivity index (χ0v) is 10.3. The molecule has 3 nitrogen and oxygen atoms in total. The highest BCUT2D eigenvalue weighted by molar-refractivity contribution is 5.37. The van der Waals surface area contributed by atoms with E-state index in [-0.39, 0.29) is 11.9 Å². The molecular formula is C14H18FNO2. The minimum absolute atomic E-state index is 0.0467. The van der Waals surface area contributed by atoms with Crippen LogP contribution in [0.4, 0.5) is 4.39 Å². The molecule has 1 heterocycles. The van der Waals surface area contributed by atoms with E-state index in [9.17, 15) is 9.50 Å². The van der Waals surface area contributed by atoms with Gasteiger partial charge in [0.15, 0.2) is 0 Å². The molecule has 3 rings (SSSR count). The predicted molar refractivity (Wildman–Crippen MR) is 66.2 cm³/mol. The second-order valence-electron chi connectivity index (χ2n) is 5.40. The van der Waals surface area contributed by atoms with Gasteiger partial charge in [0.05, 0.1) is 5.60 Å². The van der Waals surface area contributed by atoms with Gasteiger partial charge in [0.25, 0.3) is 0 Å². The molecule has 0 saturated heterocycles. The average molecular weight is 251 g/mol. The fourth-order valence-electron chi connectivity index (χ4n) is 2.63. The van der Waals surface area contributed by atoms with Crippen LogP contribution in [0.5, 0.6) is 5.75 Å². The van der Waals surface area contributed by atoms with Crippen molar-refractivity contribution in [2.45, 2.75) is 37.4 Å². The Labute approximate surface area is 106 Å². The molecule has 1 aliphatic heterocycles. The molecule has 0 aromatic heterocycles. The second kappa shape index (κ2) is 4.52. The van der Waals surface area contributed by atoms with Crippen molar-refractivity contribution in [3.63, 3.8) is 0 Å². The number of fused-ring (bicyclic) bond motifs is 1. The van der Waals surface area contributed by atoms with Gasteiger partial charge in [0.2, 0.25) is 0 Å². The summed E-state index contributed by atoms with van der Waals surface area (Å²) < 4.78 is 18.8. The van der Waals surface area contributed by atoms with E-state index < -0.39 is 5.60 Å². The van der Waals surface area contributed by atoms with E-state index >= 15 is 0 Å². The largest absolute Gasteiger partial charge is 0.488 e. The quantitative estimate of drug-likeness (QED) is 0.854. The van der Waals surface area contributed by atoms with Crippen molar-refractivity contribution in [2.75, 3.05) is 13.1 Å². The molecule has 0 radical (unpaired) electrons. The van der Waals surface area contributed by atoms with Gasteiger partial charge in [-0.05, 0) is 37.5 Å². The summed E-state index contributed by atoms with van der Waals surface area (Å²) in [6.45, 7) is 1.32. The van der Waals surface area contributed by atoms with Crippen LogP contribution in [0.2, 0.25) is 0 Å². The molecule has 0 bridgehead atoms. The van der Waals surface area contributed by atoms with Crippen molar-refractivity contribution >= 4 is 0 Å². The van der Waals surface area contributed by atoms with Crippen molar-refractivity contribution in [3.8, 4) is 5.75 Å². The molecule has 18 heavy (non-hydrogen) atoms. The third-order valence-electron chi connectivity index (χ3n) is 3.87. The minimum Gasteiger partial charge on any atom is -0.488 e. The zero-order chi connectivity index (χ0) is 12.6. The molecule has 1 aromatic rings. The lowest BCUT2D eigenvalue weighted by Crippen LogP contribution is -2.48. The maximum atomic E-state index is 13.0. The second-order valence-corrected chi connectivity index (χ2v) is 5.40. The maximum Gasteiger partial charge on any atom is 0.123 e. The predicted octanol–water partition coefficient (Wildman–Crippen LogP) is 1.63. The van der Waals surface area contributed by atoms with Crippen molar-refractivity contribution in [3.05, 3.63) is 29.6 Å². The van der Waals surface area contributed by atoms with Gasteiger partial charge in [0, 0.05) is 25.1 Å². The number of hydrogen-bond donors (Lipinski definition) is 2. The van der Waals surface area contributed by atoms with Crippen molar-refractivity contribution in [1.82, 2.24) is 5.32 Å². The number of halogens is 1. The Hall–Kier alpha value is -1.13. The topological polar surface area (TPSA) is 41.5 Å². The number of hydrogen-bond acceptors (Lipinski definition) is 3. The third-order valence-corrected chi connectivity index (χ3v) is 3.87. The Morgan fingerprint density at radius 3 is 3.00 bits per heavy atom. The molecule has 0 amide bonds. The summed E-state index contributed by atoms with van der Waals surface area (Å²) >= 11 is 0. The van der Waals surface area contributed by atoms with Crippen molar-refractivity contribution in [1.29, 1.82) is 0 Å². The molecule has 1 saturated carbocycles. The molecular weight excluding hydrogens is 233 g/mol. The van der Waals surface area contributed by atoms with Crippen LogP contribution in [0.1, 0.15) is 24.8 Å². The van der Waals surface area contributed by atoms with Crippen LogP contribution >= 0.6 is 0 Å². The van der Waals surface area contributed by atoms with E-state index in [0.29, 0.717) is 13.1 Å². The van der Waals surface area contributed by atoms with Gasteiger partial charge in [-0.3, -0.25) is 0 Å². The molecule has 1 aromatic carbocycles. The molecule has 98 valence electrons. The number of nitrogens with one attached hydrogen (secondary N) is 1. The first-order valence-electron chi connectivity index (χ1n) is 6.53. The summed E-state index contributed by atoms with van der Waals surface area (Å²) in [6, 6.07) is 4.64.